The van der Waals surface area contributed by atoms with Gasteiger partial charge >= 0.3 is 12.2 Å². The number of urea groups is 1. The van der Waals surface area contributed by atoms with Gasteiger partial charge in [-0.05, 0) is 43.2 Å². The van der Waals surface area contributed by atoms with Crippen LogP contribution in [0.2, 0.25) is 5.02 Å². The molecule has 0 saturated carbocycles. The zero-order chi connectivity index (χ0) is 22.2. The van der Waals surface area contributed by atoms with E-state index < -0.39 is 23.3 Å². The number of carbonyl (C=O) groups excluding carboxylic acids is 2. The van der Waals surface area contributed by atoms with Crippen LogP contribution in [-0.4, -0.2) is 42.1 Å². The number of para-hydroxylation sites is 1. The fourth-order valence-corrected chi connectivity index (χ4v) is 4.34. The van der Waals surface area contributed by atoms with E-state index in [1.165, 1.54) is 11.0 Å². The molecule has 1 spiro atoms. The Morgan fingerprint density at radius 3 is 2.42 bits per heavy atom. The van der Waals surface area contributed by atoms with E-state index in [1.54, 1.807) is 0 Å². The smallest absolute Gasteiger partial charge is 0.339 e. The number of anilines is 2. The standard InChI is InChI=1S/C21H20ClF3N4O2/c22-14-6-7-17(16(12-14)21(23,24)25)27-19(31)28-10-8-20(9-11-28)18(30)26-13-29(20)15-4-2-1-3-5-15/h1-7,12H,8-11,13H2,(H,26,30)(H,27,31). The molecule has 2 aliphatic heterocycles. The fourth-order valence-electron chi connectivity index (χ4n) is 4.17. The van der Waals surface area contributed by atoms with Crippen LogP contribution in [0.15, 0.2) is 48.5 Å². The minimum atomic E-state index is -4.66. The van der Waals surface area contributed by atoms with Crippen molar-refractivity contribution in [3.63, 3.8) is 0 Å². The van der Waals surface area contributed by atoms with Crippen LogP contribution in [0.1, 0.15) is 18.4 Å². The fraction of sp³-hybridized carbons (Fsp3) is 0.333. The van der Waals surface area contributed by atoms with E-state index in [0.717, 1.165) is 17.8 Å². The van der Waals surface area contributed by atoms with Crippen LogP contribution in [0.5, 0.6) is 0 Å². The predicted octanol–water partition coefficient (Wildman–Crippen LogP) is 4.32. The second-order valence-electron chi connectivity index (χ2n) is 7.56. The summed E-state index contributed by atoms with van der Waals surface area (Å²) in [7, 11) is 0. The molecule has 31 heavy (non-hydrogen) atoms. The minimum Gasteiger partial charge on any atom is -0.339 e. The highest BCUT2D eigenvalue weighted by molar-refractivity contribution is 6.30. The molecule has 2 heterocycles. The summed E-state index contributed by atoms with van der Waals surface area (Å²) in [6.45, 7) is 0.837. The van der Waals surface area contributed by atoms with Gasteiger partial charge in [0.2, 0.25) is 5.91 Å². The lowest BCUT2D eigenvalue weighted by Crippen LogP contribution is -2.57. The van der Waals surface area contributed by atoms with Gasteiger partial charge in [-0.25, -0.2) is 4.79 Å². The molecule has 164 valence electrons. The largest absolute Gasteiger partial charge is 0.418 e. The Bertz CT molecular complexity index is 992. The average molecular weight is 453 g/mol. The molecule has 0 bridgehead atoms. The molecule has 2 fully saturated rings. The normalized spacial score (nSPS) is 18.3. The van der Waals surface area contributed by atoms with Gasteiger partial charge in [-0.15, -0.1) is 0 Å². The molecule has 2 aliphatic rings. The van der Waals surface area contributed by atoms with Gasteiger partial charge in [-0.2, -0.15) is 13.2 Å². The third-order valence-electron chi connectivity index (χ3n) is 5.81. The Balaban J connectivity index is 1.48. The Labute approximate surface area is 182 Å². The quantitative estimate of drug-likeness (QED) is 0.713. The van der Waals surface area contributed by atoms with Crippen molar-refractivity contribution in [1.29, 1.82) is 0 Å². The first-order valence-electron chi connectivity index (χ1n) is 9.74. The molecule has 2 aromatic carbocycles. The monoisotopic (exact) mass is 452 g/mol. The topological polar surface area (TPSA) is 64.7 Å². The number of halogens is 4. The van der Waals surface area contributed by atoms with Crippen molar-refractivity contribution in [1.82, 2.24) is 10.2 Å². The average Bonchev–Trinajstić information content (AvgIpc) is 3.05. The summed E-state index contributed by atoms with van der Waals surface area (Å²) in [5.41, 5.74) is -1.25. The van der Waals surface area contributed by atoms with E-state index in [9.17, 15) is 22.8 Å². The van der Waals surface area contributed by atoms with Crippen molar-refractivity contribution >= 4 is 34.9 Å². The van der Waals surface area contributed by atoms with Gasteiger partial charge in [-0.3, -0.25) is 4.79 Å². The summed E-state index contributed by atoms with van der Waals surface area (Å²) in [5, 5.41) is 5.14. The highest BCUT2D eigenvalue weighted by atomic mass is 35.5. The van der Waals surface area contributed by atoms with Crippen LogP contribution < -0.4 is 15.5 Å². The number of piperidine rings is 1. The van der Waals surface area contributed by atoms with Crippen LogP contribution in [0.3, 0.4) is 0 Å². The molecule has 0 atom stereocenters. The van der Waals surface area contributed by atoms with Crippen LogP contribution in [0, 0.1) is 0 Å². The van der Waals surface area contributed by atoms with Gasteiger partial charge in [0.05, 0.1) is 17.9 Å². The number of hydrogen-bond donors (Lipinski definition) is 2. The van der Waals surface area contributed by atoms with Gasteiger partial charge in [0.25, 0.3) is 0 Å². The van der Waals surface area contributed by atoms with Crippen molar-refractivity contribution < 1.29 is 22.8 Å². The second kappa shape index (κ2) is 7.96. The Hall–Kier alpha value is -2.94. The number of nitrogens with one attached hydrogen (secondary N) is 2. The molecule has 0 aromatic heterocycles. The summed E-state index contributed by atoms with van der Waals surface area (Å²) in [6, 6.07) is 12.1. The van der Waals surface area contributed by atoms with Crippen LogP contribution in [-0.2, 0) is 11.0 Å². The highest BCUT2D eigenvalue weighted by Gasteiger charge is 2.50. The molecular weight excluding hydrogens is 433 g/mol. The molecule has 0 aliphatic carbocycles. The Kier molecular flexibility index (Phi) is 5.47. The lowest BCUT2D eigenvalue weighted by Gasteiger charge is -2.43. The number of benzene rings is 2. The van der Waals surface area contributed by atoms with E-state index in [0.29, 0.717) is 19.5 Å². The summed E-state index contributed by atoms with van der Waals surface area (Å²) in [5.74, 6) is -0.103. The molecule has 10 heteroatoms. The summed E-state index contributed by atoms with van der Waals surface area (Å²) in [4.78, 5) is 28.8. The molecule has 6 nitrogen and oxygen atoms in total. The predicted molar refractivity (Wildman–Crippen MR) is 111 cm³/mol. The summed E-state index contributed by atoms with van der Waals surface area (Å²) >= 11 is 5.69. The zero-order valence-electron chi connectivity index (χ0n) is 16.4. The lowest BCUT2D eigenvalue weighted by atomic mass is 9.85. The van der Waals surface area contributed by atoms with E-state index >= 15 is 0 Å². The first kappa shape index (κ1) is 21.3. The molecule has 2 saturated heterocycles. The van der Waals surface area contributed by atoms with Crippen LogP contribution in [0.4, 0.5) is 29.3 Å². The van der Waals surface area contributed by atoms with Gasteiger partial charge in [-0.1, -0.05) is 29.8 Å². The van der Waals surface area contributed by atoms with Crippen molar-refractivity contribution in [3.8, 4) is 0 Å². The SMILES string of the molecule is O=C(Nc1ccc(Cl)cc1C(F)(F)F)N1CCC2(CC1)C(=O)NCN2c1ccccc1. The minimum absolute atomic E-state index is 0.0708. The number of hydrogen-bond acceptors (Lipinski definition) is 3. The lowest BCUT2D eigenvalue weighted by molar-refractivity contribution is -0.137. The number of alkyl halides is 3. The molecule has 4 rings (SSSR count). The Morgan fingerprint density at radius 2 is 1.77 bits per heavy atom. The van der Waals surface area contributed by atoms with Gasteiger partial charge in [0.15, 0.2) is 0 Å². The van der Waals surface area contributed by atoms with Crippen molar-refractivity contribution in [2.24, 2.45) is 0 Å². The number of carbonyl (C=O) groups is 2. The third kappa shape index (κ3) is 4.01. The maximum Gasteiger partial charge on any atom is 0.418 e. The van der Waals surface area contributed by atoms with Crippen molar-refractivity contribution in [2.45, 2.75) is 24.6 Å². The summed E-state index contributed by atoms with van der Waals surface area (Å²) in [6.07, 6.45) is -3.92. The van der Waals surface area contributed by atoms with Crippen LogP contribution >= 0.6 is 11.6 Å². The van der Waals surface area contributed by atoms with Crippen molar-refractivity contribution in [3.05, 3.63) is 59.1 Å². The second-order valence-corrected chi connectivity index (χ2v) is 8.00. The zero-order valence-corrected chi connectivity index (χ0v) is 17.1. The Morgan fingerprint density at radius 1 is 1.10 bits per heavy atom. The van der Waals surface area contributed by atoms with E-state index in [1.807, 2.05) is 35.2 Å². The maximum absolute atomic E-state index is 13.3. The molecular formula is C21H20ClF3N4O2. The van der Waals surface area contributed by atoms with Gasteiger partial charge in [0, 0.05) is 23.8 Å². The van der Waals surface area contributed by atoms with E-state index in [-0.39, 0.29) is 29.7 Å². The van der Waals surface area contributed by atoms with Gasteiger partial charge < -0.3 is 20.4 Å². The third-order valence-corrected chi connectivity index (χ3v) is 6.05. The van der Waals surface area contributed by atoms with Crippen molar-refractivity contribution in [2.75, 3.05) is 30.0 Å². The first-order chi connectivity index (χ1) is 14.7. The van der Waals surface area contributed by atoms with E-state index in [2.05, 4.69) is 10.6 Å². The van der Waals surface area contributed by atoms with Gasteiger partial charge in [0.1, 0.15) is 5.54 Å². The number of likely N-dealkylation sites (tertiary alicyclic amines) is 1. The first-order valence-corrected chi connectivity index (χ1v) is 10.1. The molecule has 0 radical (unpaired) electrons. The number of nitrogens with zero attached hydrogens (tertiary/aromatic N) is 2. The highest BCUT2D eigenvalue weighted by Crippen LogP contribution is 2.38. The molecule has 2 aromatic rings. The molecule has 0 unspecified atom stereocenters. The van der Waals surface area contributed by atoms with E-state index in [4.69, 9.17) is 11.6 Å². The van der Waals surface area contributed by atoms with Crippen LogP contribution in [0.25, 0.3) is 0 Å². The molecule has 2 N–H and O–H groups in total. The molecule has 3 amide bonds. The maximum atomic E-state index is 13.3. The summed E-state index contributed by atoms with van der Waals surface area (Å²) < 4.78 is 39.9. The number of rotatable bonds is 2. The number of amides is 3.